The summed E-state index contributed by atoms with van der Waals surface area (Å²) in [6.07, 6.45) is 8.99. The summed E-state index contributed by atoms with van der Waals surface area (Å²) in [5.41, 5.74) is 10.6. The molecule has 0 nitrogen and oxygen atoms in total. The van der Waals surface area contributed by atoms with Crippen LogP contribution in [0, 0.1) is 0 Å². The molecular formula is C21H19Zr. The third-order valence-electron chi connectivity index (χ3n) is 4.85. The Balaban J connectivity index is 1.98. The van der Waals surface area contributed by atoms with E-state index >= 15 is 0 Å². The summed E-state index contributed by atoms with van der Waals surface area (Å²) < 4.78 is 1.58. The van der Waals surface area contributed by atoms with Gasteiger partial charge in [0.05, 0.1) is 0 Å². The van der Waals surface area contributed by atoms with Gasteiger partial charge >= 0.3 is 148 Å². The first-order valence-corrected chi connectivity index (χ1v) is 9.25. The molecule has 22 heavy (non-hydrogen) atoms. The standard InChI is InChI=1S/C21H19.Zr/c1-14(2)19-13-21-17(11-16-9-5-6-10-18(16)21)12-20(19)15-7-3-4-8-15;/h3-7,9-10,13-14H,8,11H2,1-2H3;. The Bertz CT molecular complexity index is 822. The van der Waals surface area contributed by atoms with Gasteiger partial charge in [-0.15, -0.1) is 0 Å². The zero-order valence-electron chi connectivity index (χ0n) is 13.1. The van der Waals surface area contributed by atoms with E-state index in [0.29, 0.717) is 5.92 Å². The van der Waals surface area contributed by atoms with Crippen LogP contribution in [-0.4, -0.2) is 0 Å². The molecule has 4 rings (SSSR count). The molecule has 0 amide bonds. The second kappa shape index (κ2) is 5.46. The molecule has 2 aliphatic rings. The molecule has 0 unspecified atom stereocenters. The van der Waals surface area contributed by atoms with Crippen LogP contribution in [0.15, 0.2) is 48.6 Å². The van der Waals surface area contributed by atoms with Crippen molar-refractivity contribution >= 4 is 8.84 Å². The Morgan fingerprint density at radius 1 is 1.09 bits per heavy atom. The van der Waals surface area contributed by atoms with Crippen LogP contribution in [0.5, 0.6) is 0 Å². The average molecular weight is 363 g/mol. The molecule has 0 radical (unpaired) electrons. The van der Waals surface area contributed by atoms with Crippen molar-refractivity contribution in [2.24, 2.45) is 0 Å². The van der Waals surface area contributed by atoms with Crippen molar-refractivity contribution in [3.05, 3.63) is 70.8 Å². The fourth-order valence-corrected chi connectivity index (χ4v) is 5.03. The molecule has 0 aromatic heterocycles. The van der Waals surface area contributed by atoms with Gasteiger partial charge in [0.25, 0.3) is 0 Å². The van der Waals surface area contributed by atoms with Crippen molar-refractivity contribution in [3.63, 3.8) is 0 Å². The second-order valence-electron chi connectivity index (χ2n) is 6.55. The van der Waals surface area contributed by atoms with Crippen LogP contribution in [0.1, 0.15) is 48.4 Å². The fraction of sp³-hybridized carbons (Fsp3) is 0.238. The van der Waals surface area contributed by atoms with Crippen LogP contribution < -0.4 is 3.27 Å². The van der Waals surface area contributed by atoms with E-state index in [1.807, 2.05) is 0 Å². The van der Waals surface area contributed by atoms with Crippen molar-refractivity contribution in [1.29, 1.82) is 0 Å². The molecule has 0 N–H and O–H groups in total. The number of hydrogen-bond acceptors (Lipinski definition) is 0. The summed E-state index contributed by atoms with van der Waals surface area (Å²) in [4.78, 5) is 0. The SMILES string of the molecule is CC(C)c1cc2c([c]([Zr])c1C1=CC=CC1)Cc1ccccc1-2. The Kier molecular flexibility index (Phi) is 3.57. The van der Waals surface area contributed by atoms with Crippen molar-refractivity contribution in [2.45, 2.75) is 32.6 Å². The minimum atomic E-state index is 0.564. The predicted molar refractivity (Wildman–Crippen MR) is 90.1 cm³/mol. The van der Waals surface area contributed by atoms with Gasteiger partial charge in [-0.3, -0.25) is 0 Å². The number of fused-ring (bicyclic) bond motifs is 3. The van der Waals surface area contributed by atoms with E-state index in [4.69, 9.17) is 0 Å². The maximum atomic E-state index is 2.48. The molecule has 0 fully saturated rings. The molecule has 1 heteroatoms. The molecule has 0 atom stereocenters. The summed E-state index contributed by atoms with van der Waals surface area (Å²) >= 11 is 1.54. The average Bonchev–Trinajstić information content (AvgIpc) is 3.14. The van der Waals surface area contributed by atoms with Gasteiger partial charge in [0.15, 0.2) is 0 Å². The van der Waals surface area contributed by atoms with Crippen molar-refractivity contribution in [1.82, 2.24) is 0 Å². The minimum absolute atomic E-state index is 0.564. The van der Waals surface area contributed by atoms with Gasteiger partial charge < -0.3 is 0 Å². The maximum absolute atomic E-state index is 2.48. The van der Waals surface area contributed by atoms with Crippen LogP contribution in [0.25, 0.3) is 16.7 Å². The summed E-state index contributed by atoms with van der Waals surface area (Å²) in [6, 6.07) is 11.4. The zero-order valence-corrected chi connectivity index (χ0v) is 15.6. The van der Waals surface area contributed by atoms with Crippen molar-refractivity contribution in [2.75, 3.05) is 0 Å². The predicted octanol–water partition coefficient (Wildman–Crippen LogP) is 4.90. The van der Waals surface area contributed by atoms with E-state index in [9.17, 15) is 0 Å². The topological polar surface area (TPSA) is 0 Å². The summed E-state index contributed by atoms with van der Waals surface area (Å²) in [6.45, 7) is 4.65. The number of hydrogen-bond donors (Lipinski definition) is 0. The van der Waals surface area contributed by atoms with Crippen LogP contribution in [-0.2, 0) is 31.1 Å². The molecule has 2 aliphatic carbocycles. The van der Waals surface area contributed by atoms with Gasteiger partial charge in [-0.05, 0) is 0 Å². The molecule has 0 saturated heterocycles. The van der Waals surface area contributed by atoms with E-state index in [-0.39, 0.29) is 0 Å². The van der Waals surface area contributed by atoms with E-state index in [1.165, 1.54) is 27.8 Å². The van der Waals surface area contributed by atoms with Gasteiger partial charge in [-0.25, -0.2) is 0 Å². The molecule has 2 aromatic rings. The molecule has 0 saturated carbocycles. The quantitative estimate of drug-likeness (QED) is 0.608. The Morgan fingerprint density at radius 3 is 2.64 bits per heavy atom. The van der Waals surface area contributed by atoms with E-state index in [1.54, 1.807) is 39.1 Å². The number of allylic oxidation sites excluding steroid dienone is 4. The normalized spacial score (nSPS) is 15.1. The molecule has 2 aromatic carbocycles. The van der Waals surface area contributed by atoms with E-state index < -0.39 is 0 Å². The molecule has 0 bridgehead atoms. The third-order valence-corrected chi connectivity index (χ3v) is 6.21. The first-order chi connectivity index (χ1) is 10.7. The Labute approximate surface area is 147 Å². The van der Waals surface area contributed by atoms with E-state index in [0.717, 1.165) is 12.8 Å². The van der Waals surface area contributed by atoms with Crippen molar-refractivity contribution in [3.8, 4) is 11.1 Å². The molecule has 0 spiro atoms. The Hall–Kier alpha value is -1.20. The van der Waals surface area contributed by atoms with Gasteiger partial charge in [-0.2, -0.15) is 0 Å². The summed E-state index contributed by atoms with van der Waals surface area (Å²) in [5.74, 6) is 0.564. The van der Waals surface area contributed by atoms with Crippen LogP contribution in [0.3, 0.4) is 0 Å². The Morgan fingerprint density at radius 2 is 1.91 bits per heavy atom. The van der Waals surface area contributed by atoms with E-state index in [2.05, 4.69) is 62.4 Å². The van der Waals surface area contributed by atoms with Crippen LogP contribution in [0.4, 0.5) is 0 Å². The second-order valence-corrected chi connectivity index (χ2v) is 7.78. The molecule has 107 valence electrons. The number of rotatable bonds is 2. The van der Waals surface area contributed by atoms with Gasteiger partial charge in [-0.1, -0.05) is 0 Å². The zero-order chi connectivity index (χ0) is 15.3. The monoisotopic (exact) mass is 361 g/mol. The molecule has 0 aliphatic heterocycles. The number of benzene rings is 2. The van der Waals surface area contributed by atoms with Crippen LogP contribution >= 0.6 is 0 Å². The molecule has 0 heterocycles. The fourth-order valence-electron chi connectivity index (χ4n) is 3.73. The first-order valence-electron chi connectivity index (χ1n) is 8.02. The summed E-state index contributed by atoms with van der Waals surface area (Å²) in [7, 11) is 0. The van der Waals surface area contributed by atoms with Gasteiger partial charge in [0.1, 0.15) is 0 Å². The summed E-state index contributed by atoms with van der Waals surface area (Å²) in [5, 5.41) is 0. The first kappa shape index (κ1) is 14.4. The van der Waals surface area contributed by atoms with Gasteiger partial charge in [0, 0.05) is 0 Å². The van der Waals surface area contributed by atoms with Crippen molar-refractivity contribution < 1.29 is 24.7 Å². The van der Waals surface area contributed by atoms with Crippen LogP contribution in [0.2, 0.25) is 0 Å². The van der Waals surface area contributed by atoms with Gasteiger partial charge in [0.2, 0.25) is 0 Å². The third kappa shape index (κ3) is 2.14. The molecular weight excluding hydrogens is 343 g/mol.